The molecule has 97 valence electrons. The molecule has 0 aliphatic rings. The fourth-order valence-electron chi connectivity index (χ4n) is 1.19. The number of hydrogen-bond donors (Lipinski definition) is 0. The third-order valence-corrected chi connectivity index (χ3v) is 3.32. The van der Waals surface area contributed by atoms with Gasteiger partial charge in [0.05, 0.1) is 0 Å². The summed E-state index contributed by atoms with van der Waals surface area (Å²) in [6.45, 7) is 8.60. The van der Waals surface area contributed by atoms with Gasteiger partial charge in [0, 0.05) is 13.2 Å². The Morgan fingerprint density at radius 1 is 0.688 bits per heavy atom. The van der Waals surface area contributed by atoms with Gasteiger partial charge in [-0.1, -0.05) is 39.5 Å². The molecule has 0 N–H and O–H groups in total. The molecule has 0 spiro atoms. The summed E-state index contributed by atoms with van der Waals surface area (Å²) in [6.07, 6.45) is 10.5. The first-order valence-electron chi connectivity index (χ1n) is 7.05. The maximum absolute atomic E-state index is 5.44. The van der Waals surface area contributed by atoms with Gasteiger partial charge in [-0.3, -0.25) is 0 Å². The predicted molar refractivity (Wildman–Crippen MR) is 75.3 cm³/mol. The normalized spacial score (nSPS) is 9.75. The molecular formula is C14H31OSn. The van der Waals surface area contributed by atoms with Crippen LogP contribution in [0.1, 0.15) is 72.1 Å². The van der Waals surface area contributed by atoms with Crippen molar-refractivity contribution in [1.29, 1.82) is 0 Å². The van der Waals surface area contributed by atoms with Crippen LogP contribution in [0.2, 0.25) is 4.44 Å². The minimum atomic E-state index is 0.970. The molecule has 16 heavy (non-hydrogen) atoms. The Kier molecular flexibility index (Phi) is 25.2. The predicted octanol–water partition coefficient (Wildman–Crippen LogP) is 4.76. The Morgan fingerprint density at radius 3 is 1.38 bits per heavy atom. The molecule has 3 radical (unpaired) electrons. The molecule has 0 aromatic heterocycles. The van der Waals surface area contributed by atoms with Crippen molar-refractivity contribution in [1.82, 2.24) is 0 Å². The van der Waals surface area contributed by atoms with Crippen molar-refractivity contribution in [2.45, 2.75) is 76.6 Å². The van der Waals surface area contributed by atoms with Gasteiger partial charge in [-0.25, -0.2) is 0 Å². The van der Waals surface area contributed by atoms with Crippen molar-refractivity contribution in [3.63, 3.8) is 0 Å². The molecule has 0 amide bonds. The van der Waals surface area contributed by atoms with Gasteiger partial charge in [0.1, 0.15) is 0 Å². The summed E-state index contributed by atoms with van der Waals surface area (Å²) in [5.41, 5.74) is 0. The Labute approximate surface area is 117 Å². The van der Waals surface area contributed by atoms with Crippen LogP contribution in [-0.4, -0.2) is 35.7 Å². The second kappa shape index (κ2) is 21.1. The van der Waals surface area contributed by atoms with Crippen molar-refractivity contribution in [3.05, 3.63) is 0 Å². The van der Waals surface area contributed by atoms with E-state index in [1.165, 1.54) is 55.8 Å². The van der Waals surface area contributed by atoms with Crippen LogP contribution < -0.4 is 0 Å². The van der Waals surface area contributed by atoms with Gasteiger partial charge in [0.15, 0.2) is 0 Å². The fraction of sp³-hybridized carbons (Fsp3) is 1.00. The standard InChI is InChI=1S/C10H22O.C4H9.Sn/c1-3-5-7-9-11-10-8-6-4-2;1-3-4-2;/h3-10H2,1-2H3;1,3-4H2,2H3;. The molecule has 2 heteroatoms. The molecule has 0 atom stereocenters. The summed E-state index contributed by atoms with van der Waals surface area (Å²) >= 11 is 1.68. The van der Waals surface area contributed by atoms with Crippen LogP contribution in [0.5, 0.6) is 0 Å². The molecule has 0 rings (SSSR count). The fourth-order valence-corrected chi connectivity index (χ4v) is 2.20. The minimum absolute atomic E-state index is 0.970. The molecule has 0 aliphatic carbocycles. The Morgan fingerprint density at radius 2 is 1.12 bits per heavy atom. The van der Waals surface area contributed by atoms with Crippen LogP contribution in [-0.2, 0) is 4.74 Å². The average Bonchev–Trinajstić information content (AvgIpc) is 2.30. The molecule has 0 aromatic rings. The van der Waals surface area contributed by atoms with Gasteiger partial charge in [-0.05, 0) is 12.8 Å². The third kappa shape index (κ3) is 24.1. The molecule has 0 heterocycles. The van der Waals surface area contributed by atoms with Crippen molar-refractivity contribution >= 4 is 22.5 Å². The quantitative estimate of drug-likeness (QED) is 0.414. The van der Waals surface area contributed by atoms with Gasteiger partial charge in [0.2, 0.25) is 0 Å². The molecule has 0 saturated heterocycles. The van der Waals surface area contributed by atoms with Crippen molar-refractivity contribution in [2.24, 2.45) is 0 Å². The molecular weight excluding hydrogens is 303 g/mol. The molecule has 0 saturated carbocycles. The van der Waals surface area contributed by atoms with Crippen LogP contribution in [0.15, 0.2) is 0 Å². The first-order chi connectivity index (χ1) is 7.83. The summed E-state index contributed by atoms with van der Waals surface area (Å²) < 4.78 is 6.87. The van der Waals surface area contributed by atoms with Crippen molar-refractivity contribution < 1.29 is 4.74 Å². The topological polar surface area (TPSA) is 9.23 Å². The first kappa shape index (κ1) is 19.1. The molecule has 0 unspecified atom stereocenters. The van der Waals surface area contributed by atoms with Gasteiger partial charge < -0.3 is 4.74 Å². The first-order valence-corrected chi connectivity index (χ1v) is 9.07. The molecule has 1 nitrogen and oxygen atoms in total. The Hall–Kier alpha value is 0.759. The summed E-state index contributed by atoms with van der Waals surface area (Å²) in [4.78, 5) is 0. The van der Waals surface area contributed by atoms with E-state index in [4.69, 9.17) is 4.74 Å². The number of ether oxygens (including phenoxy) is 1. The second-order valence-electron chi connectivity index (χ2n) is 4.13. The summed E-state index contributed by atoms with van der Waals surface area (Å²) in [7, 11) is 0. The Bertz CT molecular complexity index is 86.7. The van der Waals surface area contributed by atoms with E-state index >= 15 is 0 Å². The summed E-state index contributed by atoms with van der Waals surface area (Å²) in [6, 6.07) is 0. The van der Waals surface area contributed by atoms with E-state index in [0.717, 1.165) is 13.2 Å². The van der Waals surface area contributed by atoms with E-state index in [2.05, 4.69) is 20.8 Å². The van der Waals surface area contributed by atoms with Crippen LogP contribution in [0.25, 0.3) is 0 Å². The van der Waals surface area contributed by atoms with Gasteiger partial charge in [-0.2, -0.15) is 0 Å². The van der Waals surface area contributed by atoms with E-state index in [1.807, 2.05) is 0 Å². The van der Waals surface area contributed by atoms with E-state index in [-0.39, 0.29) is 0 Å². The van der Waals surface area contributed by atoms with E-state index < -0.39 is 0 Å². The molecule has 0 aliphatic heterocycles. The van der Waals surface area contributed by atoms with E-state index in [9.17, 15) is 0 Å². The van der Waals surface area contributed by atoms with E-state index in [0.29, 0.717) is 0 Å². The van der Waals surface area contributed by atoms with Crippen molar-refractivity contribution in [2.75, 3.05) is 13.2 Å². The summed E-state index contributed by atoms with van der Waals surface area (Å²) in [5.74, 6) is 0. The average molecular weight is 334 g/mol. The SMILES string of the molecule is CCCCCOCCCCC.CCC[CH2][Sn]. The zero-order valence-electron chi connectivity index (χ0n) is 11.7. The van der Waals surface area contributed by atoms with Gasteiger partial charge >= 0.3 is 46.7 Å². The van der Waals surface area contributed by atoms with Crippen LogP contribution in [0.4, 0.5) is 0 Å². The maximum atomic E-state index is 5.44. The van der Waals surface area contributed by atoms with Gasteiger partial charge in [0.25, 0.3) is 0 Å². The zero-order valence-corrected chi connectivity index (χ0v) is 14.5. The van der Waals surface area contributed by atoms with E-state index in [1.54, 1.807) is 22.5 Å². The number of unbranched alkanes of at least 4 members (excludes halogenated alkanes) is 5. The molecule has 0 aromatic carbocycles. The van der Waals surface area contributed by atoms with Crippen LogP contribution in [0, 0.1) is 0 Å². The number of hydrogen-bond acceptors (Lipinski definition) is 1. The summed E-state index contributed by atoms with van der Waals surface area (Å²) in [5, 5.41) is 0. The number of rotatable bonds is 10. The molecule has 0 bridgehead atoms. The second-order valence-corrected chi connectivity index (χ2v) is 5.56. The molecule has 0 fully saturated rings. The Balaban J connectivity index is 0. The zero-order chi connectivity index (χ0) is 12.5. The van der Waals surface area contributed by atoms with Crippen molar-refractivity contribution in [3.8, 4) is 0 Å². The van der Waals surface area contributed by atoms with Gasteiger partial charge in [-0.15, -0.1) is 0 Å². The van der Waals surface area contributed by atoms with Crippen LogP contribution in [0.3, 0.4) is 0 Å². The van der Waals surface area contributed by atoms with Crippen LogP contribution >= 0.6 is 0 Å². The third-order valence-electron chi connectivity index (χ3n) is 2.31. The monoisotopic (exact) mass is 335 g/mol.